The summed E-state index contributed by atoms with van der Waals surface area (Å²) in [5, 5.41) is 10.5. The molecule has 1 aromatic carbocycles. The number of hydrogen-bond acceptors (Lipinski definition) is 3. The van der Waals surface area contributed by atoms with Crippen molar-refractivity contribution < 1.29 is 13.5 Å². The molecule has 0 aliphatic carbocycles. The third kappa shape index (κ3) is 3.66. The van der Waals surface area contributed by atoms with Crippen molar-refractivity contribution in [1.29, 1.82) is 0 Å². The summed E-state index contributed by atoms with van der Waals surface area (Å²) in [7, 11) is -1.47. The number of rotatable bonds is 5. The molecule has 0 amide bonds. The molecule has 0 aliphatic rings. The van der Waals surface area contributed by atoms with E-state index in [-0.39, 0.29) is 16.5 Å². The van der Waals surface area contributed by atoms with Gasteiger partial charge in [-0.25, -0.2) is 4.21 Å². The zero-order chi connectivity index (χ0) is 14.6. The van der Waals surface area contributed by atoms with E-state index in [0.29, 0.717) is 6.42 Å². The molecule has 1 aromatic rings. The Balaban J connectivity index is 3.17. The molecule has 0 radical (unpaired) electrons. The van der Waals surface area contributed by atoms with Gasteiger partial charge in [-0.1, -0.05) is 13.0 Å². The molecule has 104 valence electrons. The second-order valence-corrected chi connectivity index (χ2v) is 5.61. The van der Waals surface area contributed by atoms with Gasteiger partial charge in [0.25, 0.3) is 0 Å². The minimum atomic E-state index is -1.47. The normalized spacial score (nSPS) is 15.1. The van der Waals surface area contributed by atoms with E-state index in [4.69, 9.17) is 0 Å². The Kier molecular flexibility index (Phi) is 5.29. The molecule has 0 aromatic heterocycles. The van der Waals surface area contributed by atoms with E-state index in [1.54, 1.807) is 6.92 Å². The Labute approximate surface area is 113 Å². The molecular formula is C12H15FN2O3S. The Morgan fingerprint density at radius 1 is 1.58 bits per heavy atom. The van der Waals surface area contributed by atoms with Crippen LogP contribution in [0.3, 0.4) is 0 Å². The Bertz CT molecular complexity index is 546. The van der Waals surface area contributed by atoms with Gasteiger partial charge in [-0.2, -0.15) is 8.79 Å². The van der Waals surface area contributed by atoms with Crippen LogP contribution in [0.4, 0.5) is 10.1 Å². The fourth-order valence-corrected chi connectivity index (χ4v) is 2.19. The Morgan fingerprint density at radius 2 is 2.21 bits per heavy atom. The van der Waals surface area contributed by atoms with E-state index < -0.39 is 27.4 Å². The van der Waals surface area contributed by atoms with Crippen molar-refractivity contribution in [3.05, 3.63) is 39.7 Å². The van der Waals surface area contributed by atoms with Crippen LogP contribution < -0.4 is 0 Å². The van der Waals surface area contributed by atoms with E-state index in [1.165, 1.54) is 19.1 Å². The number of hydrogen-bond donors (Lipinski definition) is 0. The minimum absolute atomic E-state index is 0.00542. The fraction of sp³-hybridized carbons (Fsp3) is 0.417. The highest BCUT2D eigenvalue weighted by atomic mass is 32.2. The molecule has 0 spiro atoms. The van der Waals surface area contributed by atoms with Crippen LogP contribution in [-0.2, 0) is 11.0 Å². The topological polar surface area (TPSA) is 72.6 Å². The van der Waals surface area contributed by atoms with Crippen LogP contribution in [0.1, 0.15) is 32.8 Å². The molecule has 0 aliphatic heterocycles. The van der Waals surface area contributed by atoms with Crippen molar-refractivity contribution in [2.24, 2.45) is 4.40 Å². The smallest absolute Gasteiger partial charge is 0.258 e. The molecule has 7 heteroatoms. The maximum atomic E-state index is 13.9. The van der Waals surface area contributed by atoms with Gasteiger partial charge < -0.3 is 0 Å². The van der Waals surface area contributed by atoms with E-state index >= 15 is 0 Å². The van der Waals surface area contributed by atoms with E-state index in [2.05, 4.69) is 4.40 Å². The van der Waals surface area contributed by atoms with Crippen molar-refractivity contribution >= 4 is 22.4 Å². The fourth-order valence-electron chi connectivity index (χ4n) is 1.36. The molecule has 1 unspecified atom stereocenters. The van der Waals surface area contributed by atoms with Gasteiger partial charge in [-0.15, -0.1) is 0 Å². The van der Waals surface area contributed by atoms with Crippen molar-refractivity contribution in [2.75, 3.05) is 0 Å². The summed E-state index contributed by atoms with van der Waals surface area (Å²) >= 11 is 0. The Morgan fingerprint density at radius 3 is 2.74 bits per heavy atom. The molecule has 5 nitrogen and oxygen atoms in total. The molecule has 1 rings (SSSR count). The van der Waals surface area contributed by atoms with Crippen molar-refractivity contribution in [1.82, 2.24) is 0 Å². The molecule has 0 saturated carbocycles. The molecule has 0 N–H and O–H groups in total. The lowest BCUT2D eigenvalue weighted by atomic mass is 10.1. The number of nitro groups is 1. The highest BCUT2D eigenvalue weighted by Gasteiger charge is 2.19. The van der Waals surface area contributed by atoms with Gasteiger partial charge in [0.1, 0.15) is 11.0 Å². The molecular weight excluding hydrogens is 271 g/mol. The average molecular weight is 286 g/mol. The molecule has 0 saturated heterocycles. The quantitative estimate of drug-likeness (QED) is 0.474. The first kappa shape index (κ1) is 15.4. The van der Waals surface area contributed by atoms with Gasteiger partial charge in [0.15, 0.2) is 0 Å². The molecule has 0 fully saturated rings. The molecule has 2 atom stereocenters. The predicted octanol–water partition coefficient (Wildman–Crippen LogP) is 3.01. The van der Waals surface area contributed by atoms with Gasteiger partial charge in [0, 0.05) is 11.6 Å². The number of nitrogens with zero attached hydrogens (tertiary/aromatic N) is 2. The third-order valence-corrected chi connectivity index (χ3v) is 4.19. The lowest BCUT2D eigenvalue weighted by Crippen LogP contribution is -2.10. The van der Waals surface area contributed by atoms with Gasteiger partial charge in [0.2, 0.25) is 5.82 Å². The van der Waals surface area contributed by atoms with E-state index in [9.17, 15) is 18.7 Å². The lowest BCUT2D eigenvalue weighted by molar-refractivity contribution is -0.387. The van der Waals surface area contributed by atoms with Crippen molar-refractivity contribution in [3.63, 3.8) is 0 Å². The standard InChI is InChI=1S/C12H15FN2O3S/c1-4-8(2)19(18)14-9(3)10-6-5-7-11(12(10)13)15(16)17/h5-8H,4H2,1-3H3/t8-,19?/m1/s1. The predicted molar refractivity (Wildman–Crippen MR) is 73.2 cm³/mol. The molecule has 0 bridgehead atoms. The number of nitro benzene ring substituents is 1. The summed E-state index contributed by atoms with van der Waals surface area (Å²) in [4.78, 5) is 9.85. The lowest BCUT2D eigenvalue weighted by Gasteiger charge is -2.06. The van der Waals surface area contributed by atoms with Crippen LogP contribution >= 0.6 is 0 Å². The summed E-state index contributed by atoms with van der Waals surface area (Å²) in [5.41, 5.74) is -0.410. The average Bonchev–Trinajstić information content (AvgIpc) is 2.37. The van der Waals surface area contributed by atoms with Gasteiger partial charge in [-0.3, -0.25) is 10.1 Å². The Hall–Kier alpha value is -1.63. The van der Waals surface area contributed by atoms with E-state index in [1.807, 2.05) is 6.92 Å². The summed E-state index contributed by atoms with van der Waals surface area (Å²) < 4.78 is 29.5. The molecule has 0 heterocycles. The minimum Gasteiger partial charge on any atom is -0.258 e. The van der Waals surface area contributed by atoms with Crippen LogP contribution in [-0.4, -0.2) is 20.1 Å². The van der Waals surface area contributed by atoms with Crippen LogP contribution in [0, 0.1) is 15.9 Å². The highest BCUT2D eigenvalue weighted by molar-refractivity contribution is 7.84. The van der Waals surface area contributed by atoms with Crippen LogP contribution in [0.2, 0.25) is 0 Å². The van der Waals surface area contributed by atoms with Gasteiger partial charge >= 0.3 is 5.69 Å². The van der Waals surface area contributed by atoms with Crippen LogP contribution in [0.5, 0.6) is 0 Å². The zero-order valence-corrected chi connectivity index (χ0v) is 11.7. The number of halogens is 1. The molecule has 19 heavy (non-hydrogen) atoms. The summed E-state index contributed by atoms with van der Waals surface area (Å²) in [6, 6.07) is 3.84. The first-order valence-electron chi connectivity index (χ1n) is 5.77. The van der Waals surface area contributed by atoms with Crippen molar-refractivity contribution in [3.8, 4) is 0 Å². The van der Waals surface area contributed by atoms with Crippen molar-refractivity contribution in [2.45, 2.75) is 32.4 Å². The first-order chi connectivity index (χ1) is 8.88. The largest absolute Gasteiger partial charge is 0.305 e. The first-order valence-corrected chi connectivity index (χ1v) is 6.94. The second kappa shape index (κ2) is 6.51. The SMILES string of the molecule is CC[C@@H](C)S(=O)N=C(C)c1cccc([N+](=O)[O-])c1F. The van der Waals surface area contributed by atoms with Crippen LogP contribution in [0.25, 0.3) is 0 Å². The van der Waals surface area contributed by atoms with E-state index in [0.717, 1.165) is 6.07 Å². The monoisotopic (exact) mass is 286 g/mol. The summed E-state index contributed by atoms with van der Waals surface area (Å²) in [6.07, 6.45) is 0.681. The summed E-state index contributed by atoms with van der Waals surface area (Å²) in [5.74, 6) is -0.949. The van der Waals surface area contributed by atoms with Gasteiger partial charge in [0.05, 0.1) is 15.9 Å². The second-order valence-electron chi connectivity index (χ2n) is 4.07. The highest BCUT2D eigenvalue weighted by Crippen LogP contribution is 2.21. The van der Waals surface area contributed by atoms with Gasteiger partial charge in [-0.05, 0) is 26.3 Å². The maximum absolute atomic E-state index is 13.9. The third-order valence-electron chi connectivity index (χ3n) is 2.71. The maximum Gasteiger partial charge on any atom is 0.305 e. The number of benzene rings is 1. The van der Waals surface area contributed by atoms with Crippen LogP contribution in [0.15, 0.2) is 22.6 Å². The zero-order valence-electron chi connectivity index (χ0n) is 10.9. The summed E-state index contributed by atoms with van der Waals surface area (Å²) in [6.45, 7) is 5.14.